The molecule has 0 unspecified atom stereocenters. The third kappa shape index (κ3) is 5.50. The molecule has 3 aromatic rings. The normalized spacial score (nSPS) is 10.5. The first kappa shape index (κ1) is 19.8. The van der Waals surface area contributed by atoms with Crippen LogP contribution in [-0.2, 0) is 22.6 Å². The third-order valence-corrected chi connectivity index (χ3v) is 4.95. The number of hydrogen-bond acceptors (Lipinski definition) is 5. The Morgan fingerprint density at radius 1 is 1.00 bits per heavy atom. The zero-order chi connectivity index (χ0) is 20.1. The van der Waals surface area contributed by atoms with E-state index in [2.05, 4.69) is 10.3 Å². The molecule has 1 heterocycles. The fourth-order valence-electron chi connectivity index (χ4n) is 2.79. The van der Waals surface area contributed by atoms with E-state index in [9.17, 15) is 9.59 Å². The van der Waals surface area contributed by atoms with E-state index in [1.165, 1.54) is 11.3 Å². The summed E-state index contributed by atoms with van der Waals surface area (Å²) in [5.74, 6) is -0.504. The van der Waals surface area contributed by atoms with E-state index < -0.39 is 0 Å². The van der Waals surface area contributed by atoms with Crippen LogP contribution in [-0.4, -0.2) is 16.9 Å². The van der Waals surface area contributed by atoms with Crippen molar-refractivity contribution in [2.24, 2.45) is 0 Å². The third-order valence-electron chi connectivity index (χ3n) is 4.05. The van der Waals surface area contributed by atoms with Crippen LogP contribution < -0.4 is 5.32 Å². The first-order chi connectivity index (χ1) is 13.4. The maximum Gasteiger partial charge on any atom is 0.338 e. The number of aromatic nitrogens is 1. The van der Waals surface area contributed by atoms with Gasteiger partial charge < -0.3 is 10.1 Å². The van der Waals surface area contributed by atoms with Gasteiger partial charge in [-0.3, -0.25) is 4.79 Å². The van der Waals surface area contributed by atoms with E-state index in [4.69, 9.17) is 4.74 Å². The number of amides is 1. The van der Waals surface area contributed by atoms with E-state index in [0.717, 1.165) is 22.4 Å². The molecule has 0 radical (unpaired) electrons. The number of carbonyl (C=O) groups excluding carboxylic acids is 2. The molecule has 0 saturated heterocycles. The Morgan fingerprint density at radius 2 is 1.68 bits per heavy atom. The Hall–Kier alpha value is -2.99. The van der Waals surface area contributed by atoms with Crippen molar-refractivity contribution in [2.45, 2.75) is 33.8 Å². The minimum Gasteiger partial charge on any atom is -0.456 e. The number of benzene rings is 2. The topological polar surface area (TPSA) is 68.3 Å². The van der Waals surface area contributed by atoms with Gasteiger partial charge in [0.25, 0.3) is 0 Å². The Balaban J connectivity index is 1.53. The largest absolute Gasteiger partial charge is 0.456 e. The summed E-state index contributed by atoms with van der Waals surface area (Å²) in [6, 6.07) is 13.2. The predicted octanol–water partition coefficient (Wildman–Crippen LogP) is 4.61. The molecule has 0 aliphatic heterocycles. The molecule has 3 rings (SSSR count). The lowest BCUT2D eigenvalue weighted by atomic mass is 10.1. The molecule has 1 aromatic heterocycles. The zero-order valence-electron chi connectivity index (χ0n) is 16.1. The number of nitrogens with one attached hydrogen (secondary N) is 1. The molecule has 0 saturated carbocycles. The molecule has 2 aromatic carbocycles. The lowest BCUT2D eigenvalue weighted by Gasteiger charge is -2.05. The van der Waals surface area contributed by atoms with Crippen LogP contribution in [0.25, 0.3) is 0 Å². The van der Waals surface area contributed by atoms with Gasteiger partial charge in [-0.05, 0) is 45.0 Å². The number of thiazole rings is 1. The maximum absolute atomic E-state index is 12.2. The van der Waals surface area contributed by atoms with Gasteiger partial charge in [0.1, 0.15) is 11.6 Å². The van der Waals surface area contributed by atoms with E-state index >= 15 is 0 Å². The number of esters is 1. The second kappa shape index (κ2) is 8.80. The van der Waals surface area contributed by atoms with Gasteiger partial charge in [0.2, 0.25) is 5.91 Å². The van der Waals surface area contributed by atoms with Gasteiger partial charge in [0.05, 0.1) is 17.7 Å². The highest BCUT2D eigenvalue weighted by molar-refractivity contribution is 7.09. The second-order valence-electron chi connectivity index (χ2n) is 6.78. The Labute approximate surface area is 168 Å². The molecule has 0 atom stereocenters. The first-order valence-electron chi connectivity index (χ1n) is 8.94. The Morgan fingerprint density at radius 3 is 2.36 bits per heavy atom. The van der Waals surface area contributed by atoms with Crippen LogP contribution in [0.4, 0.5) is 5.69 Å². The molecular weight excluding hydrogens is 372 g/mol. The number of carbonyl (C=O) groups is 2. The van der Waals surface area contributed by atoms with Crippen LogP contribution in [0.15, 0.2) is 47.8 Å². The summed E-state index contributed by atoms with van der Waals surface area (Å²) in [5, 5.41) is 5.34. The number of rotatable bonds is 6. The number of aryl methyl sites for hydroxylation is 3. The van der Waals surface area contributed by atoms with Crippen molar-refractivity contribution in [3.63, 3.8) is 0 Å². The summed E-state index contributed by atoms with van der Waals surface area (Å²) < 4.78 is 5.35. The minimum absolute atomic E-state index is 0.0852. The molecule has 1 N–H and O–H groups in total. The lowest BCUT2D eigenvalue weighted by molar-refractivity contribution is -0.115. The van der Waals surface area contributed by atoms with Gasteiger partial charge in [-0.1, -0.05) is 34.9 Å². The van der Waals surface area contributed by atoms with Crippen LogP contribution in [0.1, 0.15) is 37.7 Å². The Kier molecular flexibility index (Phi) is 6.21. The van der Waals surface area contributed by atoms with Gasteiger partial charge in [-0.2, -0.15) is 0 Å². The number of hydrogen-bond donors (Lipinski definition) is 1. The smallest absolute Gasteiger partial charge is 0.338 e. The summed E-state index contributed by atoms with van der Waals surface area (Å²) in [6.07, 6.45) is 0.184. The van der Waals surface area contributed by atoms with Crippen LogP contribution in [0.3, 0.4) is 0 Å². The molecule has 0 fully saturated rings. The van der Waals surface area contributed by atoms with Crippen LogP contribution >= 0.6 is 11.3 Å². The molecule has 144 valence electrons. The molecule has 1 amide bonds. The predicted molar refractivity (Wildman–Crippen MR) is 111 cm³/mol. The van der Waals surface area contributed by atoms with Crippen molar-refractivity contribution < 1.29 is 14.3 Å². The van der Waals surface area contributed by atoms with Crippen molar-refractivity contribution in [3.05, 3.63) is 80.8 Å². The van der Waals surface area contributed by atoms with E-state index in [-0.39, 0.29) is 24.9 Å². The first-order valence-corrected chi connectivity index (χ1v) is 9.82. The minimum atomic E-state index is -0.376. The number of nitrogens with zero attached hydrogens (tertiary/aromatic N) is 1. The molecule has 28 heavy (non-hydrogen) atoms. The second-order valence-corrected chi connectivity index (χ2v) is 7.72. The molecule has 0 aliphatic carbocycles. The highest BCUT2D eigenvalue weighted by atomic mass is 32.1. The molecule has 6 heteroatoms. The van der Waals surface area contributed by atoms with Crippen molar-refractivity contribution in [2.75, 3.05) is 5.32 Å². The van der Waals surface area contributed by atoms with E-state index in [1.54, 1.807) is 12.1 Å². The van der Waals surface area contributed by atoms with Gasteiger partial charge in [-0.15, -0.1) is 11.3 Å². The molecule has 0 aliphatic rings. The van der Waals surface area contributed by atoms with E-state index in [1.807, 2.05) is 56.5 Å². The van der Waals surface area contributed by atoms with Gasteiger partial charge in [0.15, 0.2) is 0 Å². The van der Waals surface area contributed by atoms with Crippen LogP contribution in [0.5, 0.6) is 0 Å². The Bertz CT molecular complexity index is 973. The monoisotopic (exact) mass is 394 g/mol. The summed E-state index contributed by atoms with van der Waals surface area (Å²) in [4.78, 5) is 28.8. The zero-order valence-corrected chi connectivity index (χ0v) is 16.9. The molecule has 0 bridgehead atoms. The number of ether oxygens (including phenoxy) is 1. The number of anilines is 1. The van der Waals surface area contributed by atoms with E-state index in [0.29, 0.717) is 16.3 Å². The SMILES string of the molecule is Cc1ccc(NC(=O)Cc2nc(COC(=O)c3cc(C)cc(C)c3)cs2)cc1. The molecule has 0 spiro atoms. The molecular formula is C22H22N2O3S. The summed E-state index contributed by atoms with van der Waals surface area (Å²) in [7, 11) is 0. The van der Waals surface area contributed by atoms with Crippen LogP contribution in [0, 0.1) is 20.8 Å². The lowest BCUT2D eigenvalue weighted by Crippen LogP contribution is -2.14. The maximum atomic E-state index is 12.2. The van der Waals surface area contributed by atoms with Gasteiger partial charge in [-0.25, -0.2) is 9.78 Å². The summed E-state index contributed by atoms with van der Waals surface area (Å²) in [6.45, 7) is 5.97. The van der Waals surface area contributed by atoms with Crippen LogP contribution in [0.2, 0.25) is 0 Å². The average Bonchev–Trinajstić information content (AvgIpc) is 3.08. The fraction of sp³-hybridized carbons (Fsp3) is 0.227. The highest BCUT2D eigenvalue weighted by Gasteiger charge is 2.12. The van der Waals surface area contributed by atoms with Crippen molar-refractivity contribution in [1.29, 1.82) is 0 Å². The quantitative estimate of drug-likeness (QED) is 0.620. The van der Waals surface area contributed by atoms with Gasteiger partial charge in [0, 0.05) is 11.1 Å². The van der Waals surface area contributed by atoms with Crippen molar-refractivity contribution in [3.8, 4) is 0 Å². The average molecular weight is 394 g/mol. The fourth-order valence-corrected chi connectivity index (χ4v) is 3.57. The highest BCUT2D eigenvalue weighted by Crippen LogP contribution is 2.15. The molecule has 5 nitrogen and oxygen atoms in total. The van der Waals surface area contributed by atoms with Gasteiger partial charge >= 0.3 is 5.97 Å². The van der Waals surface area contributed by atoms with Crippen molar-refractivity contribution >= 4 is 28.9 Å². The standard InChI is InChI=1S/C22H22N2O3S/c1-14-4-6-18(7-5-14)23-20(25)11-21-24-19(13-28-21)12-27-22(26)17-9-15(2)8-16(3)10-17/h4-10,13H,11-12H2,1-3H3,(H,23,25). The van der Waals surface area contributed by atoms with Crippen molar-refractivity contribution in [1.82, 2.24) is 4.98 Å². The summed E-state index contributed by atoms with van der Waals surface area (Å²) in [5.41, 5.74) is 5.10. The summed E-state index contributed by atoms with van der Waals surface area (Å²) >= 11 is 1.38.